The number of piperidine rings is 1. The van der Waals surface area contributed by atoms with E-state index < -0.39 is 0 Å². The number of rotatable bonds is 4. The molecule has 104 valence electrons. The number of nitrogens with one attached hydrogen (secondary N) is 2. The molecule has 0 spiro atoms. The zero-order valence-corrected chi connectivity index (χ0v) is 11.4. The first-order valence-electron chi connectivity index (χ1n) is 6.97. The van der Waals surface area contributed by atoms with Crippen LogP contribution in [0.15, 0.2) is 24.3 Å². The molecule has 1 aromatic rings. The van der Waals surface area contributed by atoms with E-state index in [-0.39, 0.29) is 17.7 Å². The van der Waals surface area contributed by atoms with Gasteiger partial charge < -0.3 is 15.7 Å². The molecule has 2 unspecified atom stereocenters. The highest BCUT2D eigenvalue weighted by Crippen LogP contribution is 2.12. The van der Waals surface area contributed by atoms with Gasteiger partial charge in [-0.2, -0.15) is 0 Å². The van der Waals surface area contributed by atoms with Gasteiger partial charge in [0.2, 0.25) is 5.91 Å². The lowest BCUT2D eigenvalue weighted by molar-refractivity contribution is -0.123. The fraction of sp³-hybridized carbons (Fsp3) is 0.533. The van der Waals surface area contributed by atoms with Gasteiger partial charge in [-0.15, -0.1) is 0 Å². The van der Waals surface area contributed by atoms with Crippen molar-refractivity contribution >= 4 is 5.91 Å². The van der Waals surface area contributed by atoms with Gasteiger partial charge in [-0.1, -0.05) is 12.1 Å². The first kappa shape index (κ1) is 13.9. The van der Waals surface area contributed by atoms with Gasteiger partial charge in [-0.05, 0) is 50.3 Å². The maximum Gasteiger partial charge on any atom is 0.237 e. The quantitative estimate of drug-likeness (QED) is 0.772. The van der Waals surface area contributed by atoms with Crippen LogP contribution in [0.4, 0.5) is 0 Å². The van der Waals surface area contributed by atoms with Crippen molar-refractivity contribution in [3.63, 3.8) is 0 Å². The molecule has 4 nitrogen and oxygen atoms in total. The second-order valence-corrected chi connectivity index (χ2v) is 5.26. The van der Waals surface area contributed by atoms with Crippen LogP contribution in [0.5, 0.6) is 5.75 Å². The summed E-state index contributed by atoms with van der Waals surface area (Å²) in [5.41, 5.74) is 1.11. The van der Waals surface area contributed by atoms with Crippen LogP contribution in [0.3, 0.4) is 0 Å². The average molecular weight is 262 g/mol. The summed E-state index contributed by atoms with van der Waals surface area (Å²) in [7, 11) is 0. The van der Waals surface area contributed by atoms with Crippen molar-refractivity contribution in [1.29, 1.82) is 0 Å². The van der Waals surface area contributed by atoms with Crippen molar-refractivity contribution in [2.24, 2.45) is 0 Å². The first-order valence-corrected chi connectivity index (χ1v) is 6.97. The molecule has 2 atom stereocenters. The number of carbonyl (C=O) groups excluding carboxylic acids is 1. The summed E-state index contributed by atoms with van der Waals surface area (Å²) in [4.78, 5) is 12.0. The van der Waals surface area contributed by atoms with Crippen LogP contribution in [0.25, 0.3) is 0 Å². The topological polar surface area (TPSA) is 61.4 Å². The van der Waals surface area contributed by atoms with Crippen molar-refractivity contribution < 1.29 is 9.90 Å². The van der Waals surface area contributed by atoms with E-state index in [0.717, 1.165) is 31.2 Å². The number of amides is 1. The maximum atomic E-state index is 12.0. The lowest BCUT2D eigenvalue weighted by atomic mass is 9.99. The third kappa shape index (κ3) is 4.24. The van der Waals surface area contributed by atoms with Gasteiger partial charge in [0, 0.05) is 12.6 Å². The molecule has 0 aliphatic carbocycles. The van der Waals surface area contributed by atoms with Crippen LogP contribution in [0.2, 0.25) is 0 Å². The molecule has 1 aromatic carbocycles. The van der Waals surface area contributed by atoms with Crippen LogP contribution < -0.4 is 10.6 Å². The average Bonchev–Trinajstić information content (AvgIpc) is 2.41. The molecule has 0 saturated carbocycles. The summed E-state index contributed by atoms with van der Waals surface area (Å²) >= 11 is 0. The van der Waals surface area contributed by atoms with E-state index in [2.05, 4.69) is 17.6 Å². The minimum absolute atomic E-state index is 0.0384. The summed E-state index contributed by atoms with van der Waals surface area (Å²) in [5, 5.41) is 15.5. The van der Waals surface area contributed by atoms with Gasteiger partial charge in [-0.3, -0.25) is 4.79 Å². The predicted molar refractivity (Wildman–Crippen MR) is 75.1 cm³/mol. The summed E-state index contributed by atoms with van der Waals surface area (Å²) < 4.78 is 0. The van der Waals surface area contributed by atoms with E-state index >= 15 is 0 Å². The molecule has 2 rings (SSSR count). The number of phenolic OH excluding ortho intramolecular Hbond substituents is 1. The molecule has 1 fully saturated rings. The van der Waals surface area contributed by atoms with Gasteiger partial charge in [0.05, 0.1) is 6.04 Å². The van der Waals surface area contributed by atoms with Crippen LogP contribution >= 0.6 is 0 Å². The van der Waals surface area contributed by atoms with Crippen molar-refractivity contribution in [3.8, 4) is 5.75 Å². The second-order valence-electron chi connectivity index (χ2n) is 5.26. The van der Waals surface area contributed by atoms with Gasteiger partial charge in [0.1, 0.15) is 5.75 Å². The van der Waals surface area contributed by atoms with Crippen molar-refractivity contribution in [1.82, 2.24) is 10.6 Å². The molecule has 3 N–H and O–H groups in total. The van der Waals surface area contributed by atoms with Gasteiger partial charge in [0.25, 0.3) is 0 Å². The zero-order valence-electron chi connectivity index (χ0n) is 11.4. The molecule has 1 aliphatic heterocycles. The summed E-state index contributed by atoms with van der Waals surface area (Å²) in [6.45, 7) is 2.76. The summed E-state index contributed by atoms with van der Waals surface area (Å²) in [5.74, 6) is 0.374. The lowest BCUT2D eigenvalue weighted by Gasteiger charge is -2.27. The van der Waals surface area contributed by atoms with E-state index in [9.17, 15) is 9.90 Å². The fourth-order valence-electron chi connectivity index (χ4n) is 2.46. The van der Waals surface area contributed by atoms with E-state index in [1.54, 1.807) is 12.1 Å². The standard InChI is InChI=1S/C15H22N2O2/c1-11-3-2-4-14(17-11)15(19)16-10-9-12-5-7-13(18)8-6-12/h5-8,11,14,17-18H,2-4,9-10H2,1H3,(H,16,19). The molecule has 0 bridgehead atoms. The Balaban J connectivity index is 1.73. The molecule has 1 aliphatic rings. The summed E-state index contributed by atoms with van der Waals surface area (Å²) in [6, 6.07) is 7.48. The molecule has 0 aromatic heterocycles. The Kier molecular flexibility index (Phi) is 4.80. The van der Waals surface area contributed by atoms with Crippen LogP contribution in [-0.2, 0) is 11.2 Å². The Hall–Kier alpha value is -1.55. The van der Waals surface area contributed by atoms with Crippen molar-refractivity contribution in [2.75, 3.05) is 6.54 Å². The number of aromatic hydroxyl groups is 1. The molecule has 1 saturated heterocycles. The van der Waals surface area contributed by atoms with E-state index in [0.29, 0.717) is 12.6 Å². The second kappa shape index (κ2) is 6.57. The van der Waals surface area contributed by atoms with Crippen molar-refractivity contribution in [2.45, 2.75) is 44.7 Å². The third-order valence-corrected chi connectivity index (χ3v) is 3.58. The first-order chi connectivity index (χ1) is 9.15. The number of phenols is 1. The lowest BCUT2D eigenvalue weighted by Crippen LogP contribution is -2.50. The van der Waals surface area contributed by atoms with Gasteiger partial charge in [-0.25, -0.2) is 0 Å². The SMILES string of the molecule is CC1CCCC(C(=O)NCCc2ccc(O)cc2)N1. The molecule has 1 heterocycles. The Morgan fingerprint density at radius 3 is 2.79 bits per heavy atom. The Morgan fingerprint density at radius 1 is 1.37 bits per heavy atom. The predicted octanol–water partition coefficient (Wildman–Crippen LogP) is 1.58. The van der Waals surface area contributed by atoms with E-state index in [1.807, 2.05) is 12.1 Å². The van der Waals surface area contributed by atoms with Crippen LogP contribution in [0.1, 0.15) is 31.7 Å². The fourth-order valence-corrected chi connectivity index (χ4v) is 2.46. The molecule has 19 heavy (non-hydrogen) atoms. The highest BCUT2D eigenvalue weighted by molar-refractivity contribution is 5.81. The Bertz CT molecular complexity index is 417. The molecule has 0 radical (unpaired) electrons. The number of carbonyl (C=O) groups is 1. The summed E-state index contributed by atoms with van der Waals surface area (Å²) in [6.07, 6.45) is 3.98. The number of hydrogen-bond acceptors (Lipinski definition) is 3. The molecule has 1 amide bonds. The smallest absolute Gasteiger partial charge is 0.237 e. The Labute approximate surface area is 114 Å². The van der Waals surface area contributed by atoms with Crippen LogP contribution in [-0.4, -0.2) is 29.6 Å². The normalized spacial score (nSPS) is 23.0. The monoisotopic (exact) mass is 262 g/mol. The minimum atomic E-state index is -0.0384. The van der Waals surface area contributed by atoms with Gasteiger partial charge in [0.15, 0.2) is 0 Å². The van der Waals surface area contributed by atoms with E-state index in [4.69, 9.17) is 0 Å². The zero-order chi connectivity index (χ0) is 13.7. The maximum absolute atomic E-state index is 12.0. The minimum Gasteiger partial charge on any atom is -0.508 e. The molecular formula is C15H22N2O2. The Morgan fingerprint density at radius 2 is 2.11 bits per heavy atom. The van der Waals surface area contributed by atoms with Gasteiger partial charge >= 0.3 is 0 Å². The number of benzene rings is 1. The highest BCUT2D eigenvalue weighted by atomic mass is 16.3. The third-order valence-electron chi connectivity index (χ3n) is 3.58. The van der Waals surface area contributed by atoms with Crippen molar-refractivity contribution in [3.05, 3.63) is 29.8 Å². The molecular weight excluding hydrogens is 240 g/mol. The van der Waals surface area contributed by atoms with E-state index in [1.165, 1.54) is 0 Å². The van der Waals surface area contributed by atoms with Crippen LogP contribution in [0, 0.1) is 0 Å². The number of hydrogen-bond donors (Lipinski definition) is 3. The largest absolute Gasteiger partial charge is 0.508 e. The molecule has 4 heteroatoms. The highest BCUT2D eigenvalue weighted by Gasteiger charge is 2.23.